The molecule has 1 amide bonds. The Morgan fingerprint density at radius 1 is 1.44 bits per heavy atom. The standard InChI is InChI=1S/C13H20N4O/c1-14-13(18)12-8-16(10-4-2-3-5-10)7-11-6-15-9-17(11)12/h6,9-10,12H,2-5,7-8H2,1H3,(H,14,18). The third-order valence-electron chi connectivity index (χ3n) is 4.24. The molecule has 1 aliphatic carbocycles. The largest absolute Gasteiger partial charge is 0.357 e. The minimum Gasteiger partial charge on any atom is -0.357 e. The summed E-state index contributed by atoms with van der Waals surface area (Å²) in [5.74, 6) is 0.0805. The Kier molecular flexibility index (Phi) is 3.07. The Bertz CT molecular complexity index is 436. The van der Waals surface area contributed by atoms with Crippen LogP contribution in [0, 0.1) is 0 Å². The topological polar surface area (TPSA) is 50.2 Å². The van der Waals surface area contributed by atoms with Crippen LogP contribution in [0.15, 0.2) is 12.5 Å². The molecule has 5 heteroatoms. The van der Waals surface area contributed by atoms with E-state index in [9.17, 15) is 4.79 Å². The lowest BCUT2D eigenvalue weighted by molar-refractivity contribution is -0.125. The number of carbonyl (C=O) groups is 1. The lowest BCUT2D eigenvalue weighted by Crippen LogP contribution is -2.46. The van der Waals surface area contributed by atoms with Gasteiger partial charge in [-0.2, -0.15) is 0 Å². The molecular formula is C13H20N4O. The van der Waals surface area contributed by atoms with E-state index in [-0.39, 0.29) is 11.9 Å². The van der Waals surface area contributed by atoms with Gasteiger partial charge in [0.2, 0.25) is 5.91 Å². The van der Waals surface area contributed by atoms with Gasteiger partial charge in [0.05, 0.1) is 12.0 Å². The van der Waals surface area contributed by atoms with Crippen LogP contribution in [0.1, 0.15) is 37.4 Å². The number of hydrogen-bond donors (Lipinski definition) is 1. The number of amides is 1. The van der Waals surface area contributed by atoms with Gasteiger partial charge in [-0.15, -0.1) is 0 Å². The molecule has 1 saturated carbocycles. The number of nitrogens with one attached hydrogen (secondary N) is 1. The Morgan fingerprint density at radius 2 is 2.22 bits per heavy atom. The summed E-state index contributed by atoms with van der Waals surface area (Å²) in [7, 11) is 1.70. The van der Waals surface area contributed by atoms with Gasteiger partial charge in [-0.05, 0) is 12.8 Å². The van der Waals surface area contributed by atoms with E-state index in [1.54, 1.807) is 13.4 Å². The molecular weight excluding hydrogens is 228 g/mol. The molecule has 98 valence electrons. The molecule has 0 aromatic carbocycles. The molecule has 1 unspecified atom stereocenters. The van der Waals surface area contributed by atoms with Gasteiger partial charge in [-0.1, -0.05) is 12.8 Å². The highest BCUT2D eigenvalue weighted by molar-refractivity contribution is 5.80. The maximum atomic E-state index is 12.0. The van der Waals surface area contributed by atoms with Crippen LogP contribution in [0.5, 0.6) is 0 Å². The third-order valence-corrected chi connectivity index (χ3v) is 4.24. The highest BCUT2D eigenvalue weighted by Crippen LogP contribution is 2.29. The first-order chi connectivity index (χ1) is 8.79. The summed E-state index contributed by atoms with van der Waals surface area (Å²) >= 11 is 0. The summed E-state index contributed by atoms with van der Waals surface area (Å²) in [5, 5.41) is 2.76. The zero-order valence-electron chi connectivity index (χ0n) is 10.8. The zero-order chi connectivity index (χ0) is 12.5. The molecule has 1 aliphatic heterocycles. The van der Waals surface area contributed by atoms with Crippen LogP contribution in [0.3, 0.4) is 0 Å². The van der Waals surface area contributed by atoms with E-state index in [4.69, 9.17) is 0 Å². The molecule has 1 atom stereocenters. The number of likely N-dealkylation sites (N-methyl/N-ethyl adjacent to an activating group) is 1. The zero-order valence-corrected chi connectivity index (χ0v) is 10.8. The fourth-order valence-electron chi connectivity index (χ4n) is 3.24. The van der Waals surface area contributed by atoms with Crippen molar-refractivity contribution in [3.63, 3.8) is 0 Å². The monoisotopic (exact) mass is 248 g/mol. The Hall–Kier alpha value is -1.36. The number of rotatable bonds is 2. The summed E-state index contributed by atoms with van der Waals surface area (Å²) < 4.78 is 2.02. The molecule has 1 fully saturated rings. The minimum atomic E-state index is -0.123. The number of hydrogen-bond acceptors (Lipinski definition) is 3. The molecule has 0 saturated heterocycles. The molecule has 0 radical (unpaired) electrons. The average molecular weight is 248 g/mol. The summed E-state index contributed by atoms with van der Waals surface area (Å²) in [6.07, 6.45) is 8.86. The molecule has 1 aromatic heterocycles. The van der Waals surface area contributed by atoms with Crippen LogP contribution in [-0.4, -0.2) is 40.0 Å². The number of imidazole rings is 1. The van der Waals surface area contributed by atoms with Gasteiger partial charge in [0.15, 0.2) is 0 Å². The lowest BCUT2D eigenvalue weighted by atomic mass is 10.1. The van der Waals surface area contributed by atoms with Crippen LogP contribution in [-0.2, 0) is 11.3 Å². The van der Waals surface area contributed by atoms with E-state index in [1.165, 1.54) is 25.7 Å². The first kappa shape index (κ1) is 11.7. The van der Waals surface area contributed by atoms with Crippen molar-refractivity contribution >= 4 is 5.91 Å². The number of nitrogens with zero attached hydrogens (tertiary/aromatic N) is 3. The fourth-order valence-corrected chi connectivity index (χ4v) is 3.24. The van der Waals surface area contributed by atoms with Crippen LogP contribution in [0.25, 0.3) is 0 Å². The van der Waals surface area contributed by atoms with E-state index in [0.717, 1.165) is 18.8 Å². The maximum Gasteiger partial charge on any atom is 0.244 e. The molecule has 18 heavy (non-hydrogen) atoms. The van der Waals surface area contributed by atoms with Crippen LogP contribution in [0.4, 0.5) is 0 Å². The van der Waals surface area contributed by atoms with Crippen molar-refractivity contribution in [2.75, 3.05) is 13.6 Å². The molecule has 5 nitrogen and oxygen atoms in total. The number of fused-ring (bicyclic) bond motifs is 1. The molecule has 2 heterocycles. The SMILES string of the molecule is CNC(=O)C1CN(C2CCCC2)Cc2cncn21. The second-order valence-electron chi connectivity index (χ2n) is 5.29. The van der Waals surface area contributed by atoms with E-state index in [1.807, 2.05) is 10.8 Å². The predicted molar refractivity (Wildman–Crippen MR) is 68.0 cm³/mol. The van der Waals surface area contributed by atoms with Gasteiger partial charge < -0.3 is 9.88 Å². The first-order valence-corrected chi connectivity index (χ1v) is 6.76. The van der Waals surface area contributed by atoms with Gasteiger partial charge in [-0.3, -0.25) is 9.69 Å². The van der Waals surface area contributed by atoms with Crippen molar-refractivity contribution in [3.05, 3.63) is 18.2 Å². The van der Waals surface area contributed by atoms with E-state index >= 15 is 0 Å². The maximum absolute atomic E-state index is 12.0. The Morgan fingerprint density at radius 3 is 2.94 bits per heavy atom. The first-order valence-electron chi connectivity index (χ1n) is 6.76. The number of aromatic nitrogens is 2. The normalized spacial score (nSPS) is 25.1. The van der Waals surface area contributed by atoms with E-state index < -0.39 is 0 Å². The highest BCUT2D eigenvalue weighted by Gasteiger charge is 2.33. The van der Waals surface area contributed by atoms with Crippen molar-refractivity contribution < 1.29 is 4.79 Å². The van der Waals surface area contributed by atoms with Crippen molar-refractivity contribution in [1.29, 1.82) is 0 Å². The van der Waals surface area contributed by atoms with Gasteiger partial charge in [-0.25, -0.2) is 4.98 Å². The molecule has 1 N–H and O–H groups in total. The average Bonchev–Trinajstić information content (AvgIpc) is 3.06. The predicted octanol–water partition coefficient (Wildman–Crippen LogP) is 0.928. The van der Waals surface area contributed by atoms with Gasteiger partial charge in [0.1, 0.15) is 6.04 Å². The van der Waals surface area contributed by atoms with E-state index in [2.05, 4.69) is 15.2 Å². The van der Waals surface area contributed by atoms with Crippen molar-refractivity contribution in [2.45, 2.75) is 44.3 Å². The van der Waals surface area contributed by atoms with E-state index in [0.29, 0.717) is 6.04 Å². The smallest absolute Gasteiger partial charge is 0.244 e. The van der Waals surface area contributed by atoms with Gasteiger partial charge in [0.25, 0.3) is 0 Å². The summed E-state index contributed by atoms with van der Waals surface area (Å²) in [5.41, 5.74) is 1.15. The van der Waals surface area contributed by atoms with Crippen molar-refractivity contribution in [3.8, 4) is 0 Å². The van der Waals surface area contributed by atoms with Crippen molar-refractivity contribution in [1.82, 2.24) is 19.8 Å². The third kappa shape index (κ3) is 1.92. The van der Waals surface area contributed by atoms with Crippen LogP contribution < -0.4 is 5.32 Å². The lowest BCUT2D eigenvalue weighted by Gasteiger charge is -2.37. The summed E-state index contributed by atoms with van der Waals surface area (Å²) in [6.45, 7) is 1.74. The minimum absolute atomic E-state index is 0.0805. The second kappa shape index (κ2) is 4.72. The molecule has 1 aromatic rings. The van der Waals surface area contributed by atoms with Crippen LogP contribution >= 0.6 is 0 Å². The fraction of sp³-hybridized carbons (Fsp3) is 0.692. The Balaban J connectivity index is 1.84. The summed E-state index contributed by atoms with van der Waals surface area (Å²) in [6, 6.07) is 0.530. The quantitative estimate of drug-likeness (QED) is 0.847. The van der Waals surface area contributed by atoms with Crippen molar-refractivity contribution in [2.24, 2.45) is 0 Å². The molecule has 0 spiro atoms. The second-order valence-corrected chi connectivity index (χ2v) is 5.29. The molecule has 0 bridgehead atoms. The highest BCUT2D eigenvalue weighted by atomic mass is 16.2. The van der Waals surface area contributed by atoms with Gasteiger partial charge in [0, 0.05) is 32.4 Å². The molecule has 3 rings (SSSR count). The molecule has 2 aliphatic rings. The summed E-state index contributed by atoms with van der Waals surface area (Å²) in [4.78, 5) is 18.7. The Labute approximate surface area is 107 Å². The number of carbonyl (C=O) groups excluding carboxylic acids is 1. The van der Waals surface area contributed by atoms with Gasteiger partial charge >= 0.3 is 0 Å². The van der Waals surface area contributed by atoms with Crippen LogP contribution in [0.2, 0.25) is 0 Å².